The molecule has 88 valence electrons. The molecule has 1 aromatic carbocycles. The Balaban J connectivity index is 2.06. The average Bonchev–Trinajstić information content (AvgIpc) is 2.39. The minimum Gasteiger partial charge on any atom is -0.397 e. The number of fused-ring (bicyclic) bond motifs is 1. The number of nitrogens with two attached hydrogens (primary N) is 1. The summed E-state index contributed by atoms with van der Waals surface area (Å²) in [6.07, 6.45) is 2.39. The Labute approximate surface area is 101 Å². The quantitative estimate of drug-likeness (QED) is 0.786. The zero-order chi connectivity index (χ0) is 11.7. The number of aromatic nitrogens is 1. The van der Waals surface area contributed by atoms with E-state index in [1.54, 1.807) is 0 Å². The largest absolute Gasteiger partial charge is 0.397 e. The van der Waals surface area contributed by atoms with Crippen LogP contribution in [0.2, 0.25) is 0 Å². The van der Waals surface area contributed by atoms with Crippen molar-refractivity contribution in [1.82, 2.24) is 10.3 Å². The van der Waals surface area contributed by atoms with Crippen molar-refractivity contribution in [1.29, 1.82) is 0 Å². The number of nitrogen functional groups attached to an aromatic ring is 1. The Hall–Kier alpha value is -1.61. The van der Waals surface area contributed by atoms with Gasteiger partial charge in [-0.1, -0.05) is 18.2 Å². The second kappa shape index (κ2) is 4.34. The van der Waals surface area contributed by atoms with Gasteiger partial charge in [-0.3, -0.25) is 4.98 Å². The Morgan fingerprint density at radius 2 is 2.18 bits per heavy atom. The van der Waals surface area contributed by atoms with E-state index in [2.05, 4.69) is 17.4 Å². The Kier molecular flexibility index (Phi) is 2.69. The van der Waals surface area contributed by atoms with E-state index in [9.17, 15) is 0 Å². The highest BCUT2D eigenvalue weighted by Gasteiger charge is 2.19. The molecule has 2 aromatic rings. The van der Waals surface area contributed by atoms with Crippen LogP contribution in [-0.4, -0.2) is 18.1 Å². The van der Waals surface area contributed by atoms with E-state index in [4.69, 9.17) is 10.7 Å². The molecule has 1 saturated heterocycles. The van der Waals surface area contributed by atoms with Crippen molar-refractivity contribution in [2.45, 2.75) is 18.8 Å². The molecule has 3 heteroatoms. The lowest BCUT2D eigenvalue weighted by Crippen LogP contribution is -2.29. The van der Waals surface area contributed by atoms with Gasteiger partial charge in [0.15, 0.2) is 0 Å². The Bertz CT molecular complexity index is 530. The summed E-state index contributed by atoms with van der Waals surface area (Å²) in [4.78, 5) is 4.73. The lowest BCUT2D eigenvalue weighted by atomic mass is 9.94. The number of piperidine rings is 1. The van der Waals surface area contributed by atoms with Gasteiger partial charge in [-0.2, -0.15) is 0 Å². The third kappa shape index (κ3) is 1.98. The highest BCUT2D eigenvalue weighted by Crippen LogP contribution is 2.28. The van der Waals surface area contributed by atoms with Gasteiger partial charge in [-0.15, -0.1) is 0 Å². The van der Waals surface area contributed by atoms with Crippen molar-refractivity contribution in [3.8, 4) is 0 Å². The molecule has 0 saturated carbocycles. The van der Waals surface area contributed by atoms with Gasteiger partial charge in [0.25, 0.3) is 0 Å². The fraction of sp³-hybridized carbons (Fsp3) is 0.357. The first kappa shape index (κ1) is 10.5. The maximum absolute atomic E-state index is 6.13. The topological polar surface area (TPSA) is 50.9 Å². The number of rotatable bonds is 1. The van der Waals surface area contributed by atoms with Crippen LogP contribution >= 0.6 is 0 Å². The molecule has 0 radical (unpaired) electrons. The fourth-order valence-corrected chi connectivity index (χ4v) is 2.56. The van der Waals surface area contributed by atoms with Gasteiger partial charge in [0, 0.05) is 17.8 Å². The molecule has 1 unspecified atom stereocenters. The highest BCUT2D eigenvalue weighted by atomic mass is 14.9. The number of benzene rings is 1. The van der Waals surface area contributed by atoms with Crippen LogP contribution in [0.3, 0.4) is 0 Å². The molecule has 17 heavy (non-hydrogen) atoms. The number of nitrogens with one attached hydrogen (secondary N) is 1. The van der Waals surface area contributed by atoms with Crippen LogP contribution in [-0.2, 0) is 0 Å². The van der Waals surface area contributed by atoms with Crippen LogP contribution in [0, 0.1) is 0 Å². The molecule has 1 aliphatic heterocycles. The third-order valence-electron chi connectivity index (χ3n) is 3.47. The molecule has 1 atom stereocenters. The van der Waals surface area contributed by atoms with Crippen LogP contribution in [0.25, 0.3) is 10.9 Å². The van der Waals surface area contributed by atoms with Crippen LogP contribution < -0.4 is 11.1 Å². The van der Waals surface area contributed by atoms with E-state index in [1.807, 2.05) is 18.2 Å². The van der Waals surface area contributed by atoms with Crippen LogP contribution in [0.15, 0.2) is 30.3 Å². The smallest absolute Gasteiger partial charge is 0.0707 e. The first-order valence-electron chi connectivity index (χ1n) is 6.20. The van der Waals surface area contributed by atoms with Gasteiger partial charge in [-0.25, -0.2) is 0 Å². The second-order valence-electron chi connectivity index (χ2n) is 4.70. The predicted molar refractivity (Wildman–Crippen MR) is 71.0 cm³/mol. The minimum atomic E-state index is 0.466. The van der Waals surface area contributed by atoms with Gasteiger partial charge >= 0.3 is 0 Å². The minimum absolute atomic E-state index is 0.466. The molecule has 1 aromatic heterocycles. The van der Waals surface area contributed by atoms with Gasteiger partial charge < -0.3 is 11.1 Å². The monoisotopic (exact) mass is 227 g/mol. The van der Waals surface area contributed by atoms with Crippen LogP contribution in [0.1, 0.15) is 24.5 Å². The third-order valence-corrected chi connectivity index (χ3v) is 3.47. The lowest BCUT2D eigenvalue weighted by Gasteiger charge is -2.23. The number of nitrogens with zero attached hydrogens (tertiary/aromatic N) is 1. The summed E-state index contributed by atoms with van der Waals surface area (Å²) in [6.45, 7) is 2.11. The Morgan fingerprint density at radius 3 is 3.00 bits per heavy atom. The molecule has 3 nitrogen and oxygen atoms in total. The zero-order valence-corrected chi connectivity index (χ0v) is 9.82. The van der Waals surface area contributed by atoms with Crippen LogP contribution in [0.4, 0.5) is 5.69 Å². The van der Waals surface area contributed by atoms with Crippen molar-refractivity contribution in [3.63, 3.8) is 0 Å². The van der Waals surface area contributed by atoms with E-state index in [-0.39, 0.29) is 0 Å². The van der Waals surface area contributed by atoms with Gasteiger partial charge in [-0.05, 0) is 31.5 Å². The lowest BCUT2D eigenvalue weighted by molar-refractivity contribution is 0.456. The summed E-state index contributed by atoms with van der Waals surface area (Å²) in [5.41, 5.74) is 9.07. The van der Waals surface area contributed by atoms with Crippen molar-refractivity contribution >= 4 is 16.6 Å². The molecule has 3 N–H and O–H groups in total. The summed E-state index contributed by atoms with van der Waals surface area (Å²) >= 11 is 0. The first-order chi connectivity index (χ1) is 8.34. The van der Waals surface area contributed by atoms with Gasteiger partial charge in [0.2, 0.25) is 0 Å². The molecule has 1 fully saturated rings. The normalized spacial score (nSPS) is 20.6. The summed E-state index contributed by atoms with van der Waals surface area (Å²) in [6, 6.07) is 10.2. The molecule has 1 aliphatic rings. The average molecular weight is 227 g/mol. The zero-order valence-electron chi connectivity index (χ0n) is 9.82. The molecular formula is C14H17N3. The summed E-state index contributed by atoms with van der Waals surface area (Å²) < 4.78 is 0. The predicted octanol–water partition coefficient (Wildman–Crippen LogP) is 2.28. The number of pyridine rings is 1. The van der Waals surface area contributed by atoms with Gasteiger partial charge in [0.1, 0.15) is 0 Å². The van der Waals surface area contributed by atoms with E-state index < -0.39 is 0 Å². The van der Waals surface area contributed by atoms with Crippen molar-refractivity contribution in [3.05, 3.63) is 36.0 Å². The number of para-hydroxylation sites is 1. The van der Waals surface area contributed by atoms with E-state index in [1.165, 1.54) is 12.8 Å². The van der Waals surface area contributed by atoms with Crippen LogP contribution in [0.5, 0.6) is 0 Å². The molecule has 0 bridgehead atoms. The van der Waals surface area contributed by atoms with E-state index in [0.717, 1.165) is 35.4 Å². The van der Waals surface area contributed by atoms with E-state index in [0.29, 0.717) is 5.92 Å². The molecule has 2 heterocycles. The molecule has 0 spiro atoms. The van der Waals surface area contributed by atoms with Crippen molar-refractivity contribution in [2.75, 3.05) is 18.8 Å². The maximum atomic E-state index is 6.13. The number of hydrogen-bond acceptors (Lipinski definition) is 3. The SMILES string of the molecule is Nc1cc2ccccc2nc1C1CCCNC1. The first-order valence-corrected chi connectivity index (χ1v) is 6.20. The number of hydrogen-bond donors (Lipinski definition) is 2. The molecule has 0 amide bonds. The van der Waals surface area contributed by atoms with E-state index >= 15 is 0 Å². The Morgan fingerprint density at radius 1 is 1.29 bits per heavy atom. The molecular weight excluding hydrogens is 210 g/mol. The molecule has 0 aliphatic carbocycles. The standard InChI is InChI=1S/C14H17N3/c15-12-8-10-4-1-2-6-13(10)17-14(12)11-5-3-7-16-9-11/h1-2,4,6,8,11,16H,3,5,7,9,15H2. The highest BCUT2D eigenvalue weighted by molar-refractivity contribution is 5.82. The summed E-state index contributed by atoms with van der Waals surface area (Å²) in [5.74, 6) is 0.466. The fourth-order valence-electron chi connectivity index (χ4n) is 2.56. The van der Waals surface area contributed by atoms with Gasteiger partial charge in [0.05, 0.1) is 16.9 Å². The number of anilines is 1. The maximum Gasteiger partial charge on any atom is 0.0707 e. The summed E-state index contributed by atoms with van der Waals surface area (Å²) in [5, 5.41) is 4.54. The summed E-state index contributed by atoms with van der Waals surface area (Å²) in [7, 11) is 0. The van der Waals surface area contributed by atoms with Crippen molar-refractivity contribution in [2.24, 2.45) is 0 Å². The molecule has 3 rings (SSSR count). The second-order valence-corrected chi connectivity index (χ2v) is 4.70. The van der Waals surface area contributed by atoms with Crippen molar-refractivity contribution < 1.29 is 0 Å².